The first-order valence-corrected chi connectivity index (χ1v) is 7.09. The van der Waals surface area contributed by atoms with Crippen LogP contribution in [0.15, 0.2) is 0 Å². The third-order valence-corrected chi connectivity index (χ3v) is 3.88. The average molecular weight is 252 g/mol. The highest BCUT2D eigenvalue weighted by Crippen LogP contribution is 2.14. The minimum atomic E-state index is -0.376. The molecule has 0 saturated carbocycles. The number of piperazine rings is 1. The lowest BCUT2D eigenvalue weighted by Crippen LogP contribution is -2.52. The van der Waals surface area contributed by atoms with Crippen LogP contribution in [0.1, 0.15) is 33.6 Å². The number of likely N-dealkylation sites (N-methyl/N-ethyl adjacent to an activating group) is 1. The maximum Gasteiger partial charge on any atom is 0.105 e. The van der Waals surface area contributed by atoms with Crippen molar-refractivity contribution in [1.82, 2.24) is 15.1 Å². The minimum absolute atomic E-state index is 0.376. The third kappa shape index (κ3) is 4.56. The van der Waals surface area contributed by atoms with Crippen molar-refractivity contribution in [2.24, 2.45) is 0 Å². The normalized spacial score (nSPS) is 25.6. The van der Waals surface area contributed by atoms with Crippen LogP contribution in [0.2, 0.25) is 0 Å². The van der Waals surface area contributed by atoms with Gasteiger partial charge in [0, 0.05) is 32.2 Å². The smallest absolute Gasteiger partial charge is 0.105 e. The standard InChI is InChI=1S/C14H28N4/c1-5-7-16-14(3,12-15)6-8-18-10-9-17(4)11-13(18)2/h13,16H,5-11H2,1-4H3. The molecule has 1 saturated heterocycles. The van der Waals surface area contributed by atoms with E-state index in [1.807, 2.05) is 6.92 Å². The van der Waals surface area contributed by atoms with E-state index in [0.29, 0.717) is 6.04 Å². The van der Waals surface area contributed by atoms with Gasteiger partial charge in [0.2, 0.25) is 0 Å². The third-order valence-electron chi connectivity index (χ3n) is 3.88. The Balaban J connectivity index is 2.40. The summed E-state index contributed by atoms with van der Waals surface area (Å²) in [6.07, 6.45) is 1.97. The van der Waals surface area contributed by atoms with Crippen molar-refractivity contribution in [3.05, 3.63) is 0 Å². The predicted molar refractivity (Wildman–Crippen MR) is 75.5 cm³/mol. The van der Waals surface area contributed by atoms with Gasteiger partial charge in [-0.15, -0.1) is 0 Å². The van der Waals surface area contributed by atoms with Crippen LogP contribution in [0.4, 0.5) is 0 Å². The fourth-order valence-corrected chi connectivity index (χ4v) is 2.46. The summed E-state index contributed by atoms with van der Waals surface area (Å²) in [6, 6.07) is 3.02. The molecule has 4 heteroatoms. The van der Waals surface area contributed by atoms with E-state index in [-0.39, 0.29) is 5.54 Å². The van der Waals surface area contributed by atoms with Crippen LogP contribution in [0.25, 0.3) is 0 Å². The number of hydrogen-bond donors (Lipinski definition) is 1. The number of rotatable bonds is 6. The topological polar surface area (TPSA) is 42.3 Å². The number of nitrogens with one attached hydrogen (secondary N) is 1. The molecule has 0 bridgehead atoms. The lowest BCUT2D eigenvalue weighted by Gasteiger charge is -2.39. The summed E-state index contributed by atoms with van der Waals surface area (Å²) in [5.74, 6) is 0. The van der Waals surface area contributed by atoms with Gasteiger partial charge in [0.1, 0.15) is 5.54 Å². The highest BCUT2D eigenvalue weighted by Gasteiger charge is 2.27. The summed E-state index contributed by atoms with van der Waals surface area (Å²) >= 11 is 0. The number of nitriles is 1. The van der Waals surface area contributed by atoms with Gasteiger partial charge in [-0.1, -0.05) is 6.92 Å². The summed E-state index contributed by atoms with van der Waals surface area (Å²) in [5.41, 5.74) is -0.376. The second-order valence-corrected chi connectivity index (χ2v) is 5.77. The van der Waals surface area contributed by atoms with Crippen molar-refractivity contribution >= 4 is 0 Å². The first-order valence-electron chi connectivity index (χ1n) is 7.09. The van der Waals surface area contributed by atoms with Crippen molar-refractivity contribution in [3.63, 3.8) is 0 Å². The van der Waals surface area contributed by atoms with E-state index in [1.165, 1.54) is 0 Å². The van der Waals surface area contributed by atoms with E-state index in [2.05, 4.69) is 42.1 Å². The molecule has 2 atom stereocenters. The van der Waals surface area contributed by atoms with E-state index in [1.54, 1.807) is 0 Å². The van der Waals surface area contributed by atoms with Crippen LogP contribution in [0.3, 0.4) is 0 Å². The number of nitrogens with zero attached hydrogens (tertiary/aromatic N) is 3. The van der Waals surface area contributed by atoms with Crippen LogP contribution < -0.4 is 5.32 Å². The fraction of sp³-hybridized carbons (Fsp3) is 0.929. The van der Waals surface area contributed by atoms with Crippen LogP contribution in [0.5, 0.6) is 0 Å². The molecule has 1 heterocycles. The first kappa shape index (κ1) is 15.4. The Hall–Kier alpha value is -0.630. The molecule has 1 aliphatic heterocycles. The molecule has 104 valence electrons. The minimum Gasteiger partial charge on any atom is -0.304 e. The van der Waals surface area contributed by atoms with Gasteiger partial charge in [-0.2, -0.15) is 5.26 Å². The molecule has 1 N–H and O–H groups in total. The Morgan fingerprint density at radius 1 is 1.44 bits per heavy atom. The van der Waals surface area contributed by atoms with Crippen LogP contribution in [0, 0.1) is 11.3 Å². The lowest BCUT2D eigenvalue weighted by molar-refractivity contribution is 0.0937. The van der Waals surface area contributed by atoms with Gasteiger partial charge in [-0.25, -0.2) is 0 Å². The molecule has 0 radical (unpaired) electrons. The second-order valence-electron chi connectivity index (χ2n) is 5.77. The first-order chi connectivity index (χ1) is 8.50. The van der Waals surface area contributed by atoms with E-state index < -0.39 is 0 Å². The van der Waals surface area contributed by atoms with Crippen LogP contribution in [-0.2, 0) is 0 Å². The molecule has 1 fully saturated rings. The summed E-state index contributed by atoms with van der Waals surface area (Å²) in [4.78, 5) is 4.88. The zero-order chi connectivity index (χ0) is 13.6. The van der Waals surface area contributed by atoms with Gasteiger partial charge in [0.15, 0.2) is 0 Å². The van der Waals surface area contributed by atoms with E-state index in [9.17, 15) is 5.26 Å². The molecule has 2 unspecified atom stereocenters. The predicted octanol–water partition coefficient (Wildman–Crippen LogP) is 1.29. The maximum atomic E-state index is 9.31. The highest BCUT2D eigenvalue weighted by molar-refractivity contribution is 5.04. The Labute approximate surface area is 112 Å². The molecule has 0 amide bonds. The summed E-state index contributed by atoms with van der Waals surface area (Å²) in [7, 11) is 2.18. The van der Waals surface area contributed by atoms with Crippen LogP contribution >= 0.6 is 0 Å². The zero-order valence-corrected chi connectivity index (χ0v) is 12.4. The summed E-state index contributed by atoms with van der Waals surface area (Å²) < 4.78 is 0. The molecule has 0 aliphatic carbocycles. The highest BCUT2D eigenvalue weighted by atomic mass is 15.3. The van der Waals surface area contributed by atoms with Gasteiger partial charge in [-0.3, -0.25) is 10.2 Å². The molecule has 0 aromatic carbocycles. The van der Waals surface area contributed by atoms with Gasteiger partial charge in [0.25, 0.3) is 0 Å². The second kappa shape index (κ2) is 7.08. The van der Waals surface area contributed by atoms with Gasteiger partial charge < -0.3 is 4.90 Å². The molecule has 1 rings (SSSR count). The Morgan fingerprint density at radius 3 is 2.72 bits per heavy atom. The van der Waals surface area contributed by atoms with Crippen molar-refractivity contribution in [3.8, 4) is 6.07 Å². The molecule has 0 spiro atoms. The van der Waals surface area contributed by atoms with Crippen LogP contribution in [-0.4, -0.2) is 61.2 Å². The SMILES string of the molecule is CCCNC(C)(C#N)CCN1CCN(C)CC1C. The largest absolute Gasteiger partial charge is 0.304 e. The molecular weight excluding hydrogens is 224 g/mol. The maximum absolute atomic E-state index is 9.31. The zero-order valence-electron chi connectivity index (χ0n) is 12.4. The van der Waals surface area contributed by atoms with Crippen molar-refractivity contribution in [2.75, 3.05) is 39.8 Å². The van der Waals surface area contributed by atoms with E-state index >= 15 is 0 Å². The van der Waals surface area contributed by atoms with Gasteiger partial charge >= 0.3 is 0 Å². The molecule has 0 aromatic heterocycles. The molecular formula is C14H28N4. The fourth-order valence-electron chi connectivity index (χ4n) is 2.46. The lowest BCUT2D eigenvalue weighted by atomic mass is 9.98. The van der Waals surface area contributed by atoms with Gasteiger partial charge in [0.05, 0.1) is 6.07 Å². The Kier molecular flexibility index (Phi) is 6.07. The monoisotopic (exact) mass is 252 g/mol. The molecule has 0 aromatic rings. The summed E-state index contributed by atoms with van der Waals surface area (Å²) in [5, 5.41) is 12.7. The summed E-state index contributed by atoms with van der Waals surface area (Å²) in [6.45, 7) is 11.7. The van der Waals surface area contributed by atoms with Crippen molar-refractivity contribution in [2.45, 2.75) is 45.2 Å². The van der Waals surface area contributed by atoms with E-state index in [4.69, 9.17) is 0 Å². The number of hydrogen-bond acceptors (Lipinski definition) is 4. The average Bonchev–Trinajstić information content (AvgIpc) is 2.35. The van der Waals surface area contributed by atoms with Crippen molar-refractivity contribution < 1.29 is 0 Å². The van der Waals surface area contributed by atoms with Crippen molar-refractivity contribution in [1.29, 1.82) is 5.26 Å². The van der Waals surface area contributed by atoms with E-state index in [0.717, 1.165) is 45.6 Å². The quantitative estimate of drug-likeness (QED) is 0.773. The molecule has 1 aliphatic rings. The Bertz CT molecular complexity index is 286. The Morgan fingerprint density at radius 2 is 2.17 bits per heavy atom. The molecule has 18 heavy (non-hydrogen) atoms. The van der Waals surface area contributed by atoms with Gasteiger partial charge in [-0.05, 0) is 40.3 Å². The molecule has 4 nitrogen and oxygen atoms in total.